The quantitative estimate of drug-likeness (QED) is 0.344. The van der Waals surface area contributed by atoms with Gasteiger partial charge >= 0.3 is 0 Å². The molecule has 0 spiro atoms. The zero-order chi connectivity index (χ0) is 16.9. The van der Waals surface area contributed by atoms with Crippen LogP contribution in [0.2, 0.25) is 0 Å². The van der Waals surface area contributed by atoms with E-state index in [1.165, 1.54) is 0 Å². The first-order valence-electron chi connectivity index (χ1n) is 7.64. The van der Waals surface area contributed by atoms with Gasteiger partial charge in [-0.15, -0.1) is 0 Å². The zero-order valence-electron chi connectivity index (χ0n) is 13.7. The fourth-order valence-corrected chi connectivity index (χ4v) is 2.27. The van der Waals surface area contributed by atoms with Crippen molar-refractivity contribution in [3.8, 4) is 0 Å². The summed E-state index contributed by atoms with van der Waals surface area (Å²) in [5.41, 5.74) is 0.656. The van der Waals surface area contributed by atoms with Gasteiger partial charge in [0, 0.05) is 50.4 Å². The van der Waals surface area contributed by atoms with Gasteiger partial charge in [-0.1, -0.05) is 22.0 Å². The average Bonchev–Trinajstić information content (AvgIpc) is 2.56. The number of carbonyl (C=O) groups excluding carboxylic acids is 1. The highest BCUT2D eigenvalue weighted by molar-refractivity contribution is 9.10. The van der Waals surface area contributed by atoms with Crippen LogP contribution in [-0.2, 0) is 4.74 Å². The lowest BCUT2D eigenvalue weighted by molar-refractivity contribution is 0.0953. The Morgan fingerprint density at radius 1 is 1.17 bits per heavy atom. The van der Waals surface area contributed by atoms with Crippen LogP contribution < -0.4 is 16.0 Å². The van der Waals surface area contributed by atoms with Crippen molar-refractivity contribution in [1.29, 1.82) is 0 Å². The Hall–Kier alpha value is -1.60. The molecule has 0 unspecified atom stereocenters. The molecule has 0 saturated heterocycles. The van der Waals surface area contributed by atoms with Crippen molar-refractivity contribution >= 4 is 27.8 Å². The molecule has 0 bridgehead atoms. The maximum atomic E-state index is 12.0. The average molecular weight is 385 g/mol. The Morgan fingerprint density at radius 3 is 2.52 bits per heavy atom. The Labute approximate surface area is 146 Å². The van der Waals surface area contributed by atoms with Crippen molar-refractivity contribution in [2.24, 2.45) is 4.99 Å². The maximum absolute atomic E-state index is 12.0. The van der Waals surface area contributed by atoms with Gasteiger partial charge in [0.15, 0.2) is 5.96 Å². The van der Waals surface area contributed by atoms with Crippen LogP contribution in [-0.4, -0.2) is 52.3 Å². The molecule has 0 aliphatic rings. The predicted molar refractivity (Wildman–Crippen MR) is 96.9 cm³/mol. The van der Waals surface area contributed by atoms with Gasteiger partial charge in [0.2, 0.25) is 0 Å². The molecule has 1 rings (SSSR count). The number of guanidine groups is 1. The van der Waals surface area contributed by atoms with E-state index in [1.807, 2.05) is 12.1 Å². The summed E-state index contributed by atoms with van der Waals surface area (Å²) >= 11 is 3.36. The number of nitrogens with zero attached hydrogens (tertiary/aromatic N) is 1. The molecule has 3 N–H and O–H groups in total. The molecule has 0 aliphatic heterocycles. The first kappa shape index (κ1) is 19.4. The van der Waals surface area contributed by atoms with Gasteiger partial charge in [-0.3, -0.25) is 9.79 Å². The summed E-state index contributed by atoms with van der Waals surface area (Å²) in [6.07, 6.45) is 1.75. The molecule has 0 atom stereocenters. The van der Waals surface area contributed by atoms with Crippen molar-refractivity contribution in [3.05, 3.63) is 34.3 Å². The highest BCUT2D eigenvalue weighted by Crippen LogP contribution is 2.11. The molecule has 23 heavy (non-hydrogen) atoms. The molecule has 0 aromatic heterocycles. The van der Waals surface area contributed by atoms with Gasteiger partial charge in [-0.05, 0) is 31.0 Å². The Balaban J connectivity index is 2.15. The molecular formula is C16H25BrN4O2. The highest BCUT2D eigenvalue weighted by atomic mass is 79.9. The molecule has 128 valence electrons. The van der Waals surface area contributed by atoms with Crippen molar-refractivity contribution in [2.45, 2.75) is 12.8 Å². The molecule has 6 nitrogen and oxygen atoms in total. The predicted octanol–water partition coefficient (Wildman–Crippen LogP) is 1.77. The fraction of sp³-hybridized carbons (Fsp3) is 0.500. The first-order valence-corrected chi connectivity index (χ1v) is 8.44. The molecule has 1 aromatic rings. The first-order chi connectivity index (χ1) is 11.2. The van der Waals surface area contributed by atoms with Crippen LogP contribution in [0, 0.1) is 0 Å². The Morgan fingerprint density at radius 2 is 1.87 bits per heavy atom. The van der Waals surface area contributed by atoms with Gasteiger partial charge in [0.1, 0.15) is 0 Å². The Kier molecular flexibility index (Phi) is 10.1. The zero-order valence-corrected chi connectivity index (χ0v) is 15.3. The minimum Gasteiger partial charge on any atom is -0.385 e. The number of benzene rings is 1. The summed E-state index contributed by atoms with van der Waals surface area (Å²) in [4.78, 5) is 16.1. The molecule has 0 fully saturated rings. The van der Waals surface area contributed by atoms with E-state index in [1.54, 1.807) is 26.3 Å². The van der Waals surface area contributed by atoms with Crippen molar-refractivity contribution < 1.29 is 9.53 Å². The van der Waals surface area contributed by atoms with Crippen LogP contribution in [0.15, 0.2) is 33.7 Å². The summed E-state index contributed by atoms with van der Waals surface area (Å²) in [7, 11) is 3.43. The highest BCUT2D eigenvalue weighted by Gasteiger charge is 2.04. The normalized spacial score (nSPS) is 11.2. The minimum absolute atomic E-state index is 0.0617. The molecule has 7 heteroatoms. The molecule has 0 saturated carbocycles. The van der Waals surface area contributed by atoms with E-state index >= 15 is 0 Å². The van der Waals surface area contributed by atoms with Gasteiger partial charge in [-0.2, -0.15) is 0 Å². The number of carbonyl (C=O) groups is 1. The maximum Gasteiger partial charge on any atom is 0.251 e. The smallest absolute Gasteiger partial charge is 0.251 e. The lowest BCUT2D eigenvalue weighted by Crippen LogP contribution is -2.39. The third-order valence-electron chi connectivity index (χ3n) is 3.06. The minimum atomic E-state index is -0.0617. The van der Waals surface area contributed by atoms with Crippen molar-refractivity contribution in [2.75, 3.05) is 40.4 Å². The van der Waals surface area contributed by atoms with Crippen LogP contribution in [0.5, 0.6) is 0 Å². The van der Waals surface area contributed by atoms with Gasteiger partial charge in [0.25, 0.3) is 5.91 Å². The number of halogens is 1. The number of hydrogen-bond acceptors (Lipinski definition) is 3. The molecule has 0 radical (unpaired) electrons. The van der Waals surface area contributed by atoms with E-state index in [-0.39, 0.29) is 5.91 Å². The van der Waals surface area contributed by atoms with Crippen molar-refractivity contribution in [1.82, 2.24) is 16.0 Å². The molecular weight excluding hydrogens is 360 g/mol. The summed E-state index contributed by atoms with van der Waals surface area (Å²) in [5, 5.41) is 9.31. The third-order valence-corrected chi connectivity index (χ3v) is 3.55. The number of methoxy groups -OCH3 is 1. The number of rotatable bonds is 9. The second-order valence-electron chi connectivity index (χ2n) is 4.89. The van der Waals surface area contributed by atoms with Gasteiger partial charge in [0.05, 0.1) is 0 Å². The number of ether oxygens (including phenoxy) is 1. The lowest BCUT2D eigenvalue weighted by Gasteiger charge is -2.12. The standard InChI is InChI=1S/C16H25BrN4O2/c1-18-16(21-10-5-11-23-2)20-9-4-8-19-15(22)13-6-3-7-14(17)12-13/h3,6-7,12H,4-5,8-11H2,1-2H3,(H,19,22)(H2,18,20,21). The van der Waals surface area contributed by atoms with Crippen LogP contribution in [0.3, 0.4) is 0 Å². The van der Waals surface area contributed by atoms with E-state index in [9.17, 15) is 4.79 Å². The topological polar surface area (TPSA) is 74.8 Å². The second-order valence-corrected chi connectivity index (χ2v) is 5.81. The summed E-state index contributed by atoms with van der Waals surface area (Å²) in [6.45, 7) is 2.89. The number of amides is 1. The number of hydrogen-bond donors (Lipinski definition) is 3. The van der Waals surface area contributed by atoms with E-state index < -0.39 is 0 Å². The van der Waals surface area contributed by atoms with Crippen LogP contribution in [0.4, 0.5) is 0 Å². The van der Waals surface area contributed by atoms with Crippen LogP contribution in [0.25, 0.3) is 0 Å². The van der Waals surface area contributed by atoms with E-state index in [4.69, 9.17) is 4.74 Å². The van der Waals surface area contributed by atoms with E-state index in [0.717, 1.165) is 43.0 Å². The molecule has 1 aromatic carbocycles. The molecule has 0 aliphatic carbocycles. The third kappa shape index (κ3) is 8.56. The monoisotopic (exact) mass is 384 g/mol. The van der Waals surface area contributed by atoms with Crippen LogP contribution >= 0.6 is 15.9 Å². The summed E-state index contributed by atoms with van der Waals surface area (Å²) in [5.74, 6) is 0.702. The Bertz CT molecular complexity index is 509. The molecule has 1 amide bonds. The largest absolute Gasteiger partial charge is 0.385 e. The van der Waals surface area contributed by atoms with Crippen LogP contribution in [0.1, 0.15) is 23.2 Å². The number of nitrogens with one attached hydrogen (secondary N) is 3. The van der Waals surface area contributed by atoms with Crippen molar-refractivity contribution in [3.63, 3.8) is 0 Å². The van der Waals surface area contributed by atoms with E-state index in [2.05, 4.69) is 36.9 Å². The second kappa shape index (κ2) is 11.9. The van der Waals surface area contributed by atoms with Gasteiger partial charge < -0.3 is 20.7 Å². The summed E-state index contributed by atoms with van der Waals surface area (Å²) < 4.78 is 5.89. The SMILES string of the molecule is CN=C(NCCCNC(=O)c1cccc(Br)c1)NCCCOC. The lowest BCUT2D eigenvalue weighted by atomic mass is 10.2. The number of aliphatic imine (C=N–C) groups is 1. The van der Waals surface area contributed by atoms with E-state index in [0.29, 0.717) is 12.1 Å². The van der Waals surface area contributed by atoms with Gasteiger partial charge in [-0.25, -0.2) is 0 Å². The molecule has 0 heterocycles. The fourth-order valence-electron chi connectivity index (χ4n) is 1.87. The summed E-state index contributed by atoms with van der Waals surface area (Å²) in [6, 6.07) is 7.34.